The molecule has 13 heavy (non-hydrogen) atoms. The fourth-order valence-electron chi connectivity index (χ4n) is 1.07. The maximum atomic E-state index is 5.48. The van der Waals surface area contributed by atoms with Crippen molar-refractivity contribution < 1.29 is 9.47 Å². The molecular weight excluding hydrogens is 234 g/mol. The second-order valence-electron chi connectivity index (χ2n) is 3.62. The third kappa shape index (κ3) is 4.22. The van der Waals surface area contributed by atoms with Gasteiger partial charge in [0.1, 0.15) is 0 Å². The van der Waals surface area contributed by atoms with Gasteiger partial charge in [-0.2, -0.15) is 0 Å². The summed E-state index contributed by atoms with van der Waals surface area (Å²) in [5, 5.41) is 3.26. The Morgan fingerprint density at radius 1 is 1.54 bits per heavy atom. The molecule has 0 saturated carbocycles. The van der Waals surface area contributed by atoms with E-state index in [-0.39, 0.29) is 6.04 Å². The van der Waals surface area contributed by atoms with Crippen LogP contribution in [0.3, 0.4) is 0 Å². The van der Waals surface area contributed by atoms with E-state index in [4.69, 9.17) is 9.47 Å². The van der Waals surface area contributed by atoms with Crippen LogP contribution in [0.15, 0.2) is 11.1 Å². The molecule has 1 saturated heterocycles. The first-order valence-electron chi connectivity index (χ1n) is 4.34. The summed E-state index contributed by atoms with van der Waals surface area (Å²) in [5.41, 5.74) is 0. The zero-order valence-corrected chi connectivity index (χ0v) is 9.69. The molecule has 0 aromatic carbocycles. The summed E-state index contributed by atoms with van der Waals surface area (Å²) >= 11 is 3.29. The Bertz CT molecular complexity index is 184. The third-order valence-corrected chi connectivity index (χ3v) is 2.13. The summed E-state index contributed by atoms with van der Waals surface area (Å²) in [4.78, 5) is 0. The SMILES string of the molecule is C=C(Br)CNC1COC(C)(C)OC1. The van der Waals surface area contributed by atoms with Crippen molar-refractivity contribution in [3.63, 3.8) is 0 Å². The van der Waals surface area contributed by atoms with Gasteiger partial charge in [-0.05, 0) is 13.8 Å². The molecule has 0 aromatic rings. The van der Waals surface area contributed by atoms with Crippen molar-refractivity contribution in [1.82, 2.24) is 5.32 Å². The largest absolute Gasteiger partial charge is 0.349 e. The minimum atomic E-state index is -0.427. The summed E-state index contributed by atoms with van der Waals surface area (Å²) in [5.74, 6) is -0.427. The first-order chi connectivity index (χ1) is 5.99. The molecule has 1 heterocycles. The molecular formula is C9H16BrNO2. The van der Waals surface area contributed by atoms with E-state index >= 15 is 0 Å². The highest BCUT2D eigenvalue weighted by atomic mass is 79.9. The lowest BCUT2D eigenvalue weighted by molar-refractivity contribution is -0.252. The zero-order valence-electron chi connectivity index (χ0n) is 8.10. The predicted octanol–water partition coefficient (Wildman–Crippen LogP) is 1.64. The number of hydrogen-bond acceptors (Lipinski definition) is 3. The molecule has 0 amide bonds. The van der Waals surface area contributed by atoms with Crippen molar-refractivity contribution in [1.29, 1.82) is 0 Å². The van der Waals surface area contributed by atoms with Gasteiger partial charge in [0.25, 0.3) is 0 Å². The minimum absolute atomic E-state index is 0.266. The molecule has 4 heteroatoms. The van der Waals surface area contributed by atoms with Crippen LogP contribution in [0, 0.1) is 0 Å². The van der Waals surface area contributed by atoms with Crippen LogP contribution < -0.4 is 5.32 Å². The quantitative estimate of drug-likeness (QED) is 0.825. The van der Waals surface area contributed by atoms with Gasteiger partial charge < -0.3 is 14.8 Å². The Labute approximate surface area is 87.6 Å². The van der Waals surface area contributed by atoms with Crippen molar-refractivity contribution >= 4 is 15.9 Å². The lowest BCUT2D eigenvalue weighted by Crippen LogP contribution is -2.48. The van der Waals surface area contributed by atoms with Crippen LogP contribution in [0.2, 0.25) is 0 Å². The number of halogens is 1. The number of rotatable bonds is 3. The fraction of sp³-hybridized carbons (Fsp3) is 0.778. The molecule has 1 aliphatic rings. The van der Waals surface area contributed by atoms with E-state index in [1.807, 2.05) is 13.8 Å². The third-order valence-electron chi connectivity index (χ3n) is 1.85. The number of nitrogens with one attached hydrogen (secondary N) is 1. The van der Waals surface area contributed by atoms with Gasteiger partial charge in [0.05, 0.1) is 19.3 Å². The Kier molecular flexibility index (Phi) is 3.91. The molecule has 0 unspecified atom stereocenters. The highest BCUT2D eigenvalue weighted by Crippen LogP contribution is 2.16. The Hall–Kier alpha value is 0.1000. The van der Waals surface area contributed by atoms with Gasteiger partial charge in [-0.3, -0.25) is 0 Å². The molecule has 0 atom stereocenters. The second-order valence-corrected chi connectivity index (χ2v) is 4.74. The predicted molar refractivity (Wildman–Crippen MR) is 55.8 cm³/mol. The molecule has 0 bridgehead atoms. The highest BCUT2D eigenvalue weighted by Gasteiger charge is 2.27. The minimum Gasteiger partial charge on any atom is -0.349 e. The van der Waals surface area contributed by atoms with Crippen LogP contribution in [0.1, 0.15) is 13.8 Å². The van der Waals surface area contributed by atoms with Crippen LogP contribution in [-0.2, 0) is 9.47 Å². The van der Waals surface area contributed by atoms with Crippen molar-refractivity contribution in [2.75, 3.05) is 19.8 Å². The summed E-state index contributed by atoms with van der Waals surface area (Å²) in [6, 6.07) is 0.266. The molecule has 3 nitrogen and oxygen atoms in total. The molecule has 1 fully saturated rings. The first kappa shape index (κ1) is 11.2. The first-order valence-corrected chi connectivity index (χ1v) is 5.13. The average molecular weight is 250 g/mol. The Balaban J connectivity index is 2.21. The summed E-state index contributed by atoms with van der Waals surface area (Å²) in [7, 11) is 0. The van der Waals surface area contributed by atoms with E-state index in [9.17, 15) is 0 Å². The van der Waals surface area contributed by atoms with Crippen LogP contribution in [-0.4, -0.2) is 31.6 Å². The van der Waals surface area contributed by atoms with Gasteiger partial charge >= 0.3 is 0 Å². The van der Waals surface area contributed by atoms with Crippen LogP contribution >= 0.6 is 15.9 Å². The van der Waals surface area contributed by atoms with E-state index in [0.717, 1.165) is 11.0 Å². The average Bonchev–Trinajstić information content (AvgIpc) is 2.02. The van der Waals surface area contributed by atoms with Gasteiger partial charge in [0.2, 0.25) is 0 Å². The fourth-order valence-corrected chi connectivity index (χ4v) is 1.23. The van der Waals surface area contributed by atoms with E-state index in [0.29, 0.717) is 13.2 Å². The maximum Gasteiger partial charge on any atom is 0.162 e. The summed E-state index contributed by atoms with van der Waals surface area (Å²) < 4.78 is 11.9. The lowest BCUT2D eigenvalue weighted by atomic mass is 10.2. The normalized spacial score (nSPS) is 23.0. The van der Waals surface area contributed by atoms with E-state index < -0.39 is 5.79 Å². The summed E-state index contributed by atoms with van der Waals surface area (Å²) in [6.45, 7) is 9.71. The van der Waals surface area contributed by atoms with Crippen LogP contribution in [0.4, 0.5) is 0 Å². The van der Waals surface area contributed by atoms with Crippen molar-refractivity contribution in [3.05, 3.63) is 11.1 Å². The van der Waals surface area contributed by atoms with Crippen LogP contribution in [0.25, 0.3) is 0 Å². The molecule has 0 aromatic heterocycles. The van der Waals surface area contributed by atoms with Gasteiger partial charge in [-0.15, -0.1) is 0 Å². The topological polar surface area (TPSA) is 30.5 Å². The molecule has 0 radical (unpaired) electrons. The molecule has 76 valence electrons. The van der Waals surface area contributed by atoms with Crippen molar-refractivity contribution in [2.45, 2.75) is 25.7 Å². The number of hydrogen-bond donors (Lipinski definition) is 1. The number of ether oxygens (including phenoxy) is 2. The Morgan fingerprint density at radius 2 is 2.08 bits per heavy atom. The molecule has 1 aliphatic heterocycles. The monoisotopic (exact) mass is 249 g/mol. The molecule has 1 rings (SSSR count). The van der Waals surface area contributed by atoms with Gasteiger partial charge in [-0.25, -0.2) is 0 Å². The van der Waals surface area contributed by atoms with Crippen LogP contribution in [0.5, 0.6) is 0 Å². The van der Waals surface area contributed by atoms with Gasteiger partial charge in [0.15, 0.2) is 5.79 Å². The Morgan fingerprint density at radius 3 is 2.54 bits per heavy atom. The summed E-state index contributed by atoms with van der Waals surface area (Å²) in [6.07, 6.45) is 0. The lowest BCUT2D eigenvalue weighted by Gasteiger charge is -2.35. The maximum absolute atomic E-state index is 5.48. The standard InChI is InChI=1S/C9H16BrNO2/c1-7(10)4-11-8-5-12-9(2,3)13-6-8/h8,11H,1,4-6H2,2-3H3. The van der Waals surface area contributed by atoms with Gasteiger partial charge in [-0.1, -0.05) is 22.5 Å². The van der Waals surface area contributed by atoms with E-state index in [2.05, 4.69) is 27.8 Å². The van der Waals surface area contributed by atoms with Crippen molar-refractivity contribution in [2.24, 2.45) is 0 Å². The highest BCUT2D eigenvalue weighted by molar-refractivity contribution is 9.11. The van der Waals surface area contributed by atoms with E-state index in [1.165, 1.54) is 0 Å². The van der Waals surface area contributed by atoms with E-state index in [1.54, 1.807) is 0 Å². The molecule has 1 N–H and O–H groups in total. The smallest absolute Gasteiger partial charge is 0.162 e. The van der Waals surface area contributed by atoms with Crippen molar-refractivity contribution in [3.8, 4) is 0 Å². The zero-order chi connectivity index (χ0) is 9.90. The van der Waals surface area contributed by atoms with Gasteiger partial charge in [0, 0.05) is 11.0 Å². The molecule has 0 spiro atoms. The molecule has 0 aliphatic carbocycles. The second kappa shape index (κ2) is 4.55.